The quantitative estimate of drug-likeness (QED) is 0.251. The molecule has 1 heterocycles. The van der Waals surface area contributed by atoms with E-state index >= 15 is 0 Å². The summed E-state index contributed by atoms with van der Waals surface area (Å²) in [5.74, 6) is -1.21. The molecule has 0 bridgehead atoms. The fraction of sp³-hybridized carbons (Fsp3) is 0.500. The van der Waals surface area contributed by atoms with E-state index in [1.165, 1.54) is 18.2 Å². The zero-order chi connectivity index (χ0) is 23.5. The van der Waals surface area contributed by atoms with Crippen LogP contribution in [-0.4, -0.2) is 79.6 Å². The van der Waals surface area contributed by atoms with Crippen molar-refractivity contribution in [3.63, 3.8) is 0 Å². The van der Waals surface area contributed by atoms with Gasteiger partial charge in [-0.1, -0.05) is 13.8 Å². The van der Waals surface area contributed by atoms with Gasteiger partial charge in [-0.25, -0.2) is 9.59 Å². The molecule has 1 aromatic rings. The van der Waals surface area contributed by atoms with E-state index in [4.69, 9.17) is 9.47 Å². The van der Waals surface area contributed by atoms with Crippen LogP contribution in [0.1, 0.15) is 24.2 Å². The number of nitrogens with one attached hydrogen (secondary N) is 4. The summed E-state index contributed by atoms with van der Waals surface area (Å²) >= 11 is 0. The van der Waals surface area contributed by atoms with Gasteiger partial charge < -0.3 is 41.0 Å². The van der Waals surface area contributed by atoms with E-state index in [0.29, 0.717) is 24.9 Å². The van der Waals surface area contributed by atoms with Crippen LogP contribution < -0.4 is 26.0 Å². The predicted molar refractivity (Wildman–Crippen MR) is 115 cm³/mol. The number of ether oxygens (including phenoxy) is 2. The number of alkyl carbamates (subject to hydrolysis) is 1. The predicted octanol–water partition coefficient (Wildman–Crippen LogP) is -0.115. The highest BCUT2D eigenvalue weighted by Gasteiger charge is 2.22. The van der Waals surface area contributed by atoms with Crippen molar-refractivity contribution >= 4 is 23.9 Å². The van der Waals surface area contributed by atoms with Gasteiger partial charge in [0.2, 0.25) is 0 Å². The highest BCUT2D eigenvalue weighted by Crippen LogP contribution is 2.23. The molecule has 0 saturated carbocycles. The molecular formula is C20H29N5O7. The Morgan fingerprint density at radius 3 is 2.69 bits per heavy atom. The summed E-state index contributed by atoms with van der Waals surface area (Å²) in [6.07, 6.45) is -0.894. The summed E-state index contributed by atoms with van der Waals surface area (Å²) in [5, 5.41) is 30.1. The summed E-state index contributed by atoms with van der Waals surface area (Å²) < 4.78 is 10.4. The van der Waals surface area contributed by atoms with Crippen molar-refractivity contribution in [1.82, 2.24) is 21.3 Å². The van der Waals surface area contributed by atoms with Crippen molar-refractivity contribution < 1.29 is 34.1 Å². The first-order valence-corrected chi connectivity index (χ1v) is 10.2. The van der Waals surface area contributed by atoms with Gasteiger partial charge in [0.1, 0.15) is 24.1 Å². The minimum absolute atomic E-state index is 0.0634. The second-order valence-electron chi connectivity index (χ2n) is 7.35. The second kappa shape index (κ2) is 12.2. The maximum Gasteiger partial charge on any atom is 0.407 e. The molecule has 0 aromatic heterocycles. The van der Waals surface area contributed by atoms with E-state index in [2.05, 4.69) is 26.3 Å². The van der Waals surface area contributed by atoms with Gasteiger partial charge in [0, 0.05) is 19.2 Å². The number of aromatic hydroxyl groups is 1. The zero-order valence-electron chi connectivity index (χ0n) is 18.0. The number of nitrogens with zero attached hydrogens (tertiary/aromatic N) is 1. The Morgan fingerprint density at radius 1 is 1.28 bits per heavy atom. The Kier molecular flexibility index (Phi) is 9.39. The Hall–Kier alpha value is -3.70. The second-order valence-corrected chi connectivity index (χ2v) is 7.35. The molecule has 1 aliphatic rings. The Morgan fingerprint density at radius 2 is 2.06 bits per heavy atom. The Balaban J connectivity index is 1.81. The molecule has 6 N–H and O–H groups in total. The lowest BCUT2D eigenvalue weighted by atomic mass is 10.1. The van der Waals surface area contributed by atoms with Gasteiger partial charge in [0.15, 0.2) is 5.96 Å². The highest BCUT2D eigenvalue weighted by atomic mass is 16.5. The molecule has 0 unspecified atom stereocenters. The van der Waals surface area contributed by atoms with Crippen molar-refractivity contribution in [1.29, 1.82) is 0 Å². The number of rotatable bonds is 11. The molecule has 0 saturated heterocycles. The summed E-state index contributed by atoms with van der Waals surface area (Å²) in [6, 6.07) is 2.76. The van der Waals surface area contributed by atoms with Crippen LogP contribution in [-0.2, 0) is 9.53 Å². The number of guanidine groups is 1. The lowest BCUT2D eigenvalue weighted by Gasteiger charge is -2.16. The maximum absolute atomic E-state index is 12.3. The largest absolute Gasteiger partial charge is 0.507 e. The topological polar surface area (TPSA) is 171 Å². The molecule has 32 heavy (non-hydrogen) atoms. The van der Waals surface area contributed by atoms with Gasteiger partial charge in [-0.05, 0) is 18.1 Å². The van der Waals surface area contributed by atoms with Crippen LogP contribution in [0.3, 0.4) is 0 Å². The monoisotopic (exact) mass is 451 g/mol. The van der Waals surface area contributed by atoms with Crippen LogP contribution in [0.2, 0.25) is 0 Å². The number of carboxylic acid groups (broad SMARTS) is 1. The number of aliphatic imine (C=N–C) groups is 1. The van der Waals surface area contributed by atoms with Gasteiger partial charge in [-0.2, -0.15) is 0 Å². The number of aliphatic carboxylic acids is 1. The van der Waals surface area contributed by atoms with Crippen molar-refractivity contribution in [2.24, 2.45) is 10.9 Å². The van der Waals surface area contributed by atoms with Crippen LogP contribution in [0, 0.1) is 5.92 Å². The van der Waals surface area contributed by atoms with E-state index < -0.39 is 30.6 Å². The SMILES string of the molecule is CC(C)COC(=O)N[C@@H](CNC(=O)c1ccc(OCCNC2=NCCN2)cc1O)C(=O)O. The Bertz CT molecular complexity index is 844. The molecule has 0 fully saturated rings. The maximum atomic E-state index is 12.3. The van der Waals surface area contributed by atoms with Gasteiger partial charge in [-0.3, -0.25) is 9.79 Å². The fourth-order valence-corrected chi connectivity index (χ4v) is 2.56. The first kappa shape index (κ1) is 24.6. The van der Waals surface area contributed by atoms with Crippen LogP contribution in [0.5, 0.6) is 11.5 Å². The minimum Gasteiger partial charge on any atom is -0.507 e. The third-order valence-corrected chi connectivity index (χ3v) is 4.16. The molecule has 176 valence electrons. The highest BCUT2D eigenvalue weighted by molar-refractivity contribution is 5.97. The summed E-state index contributed by atoms with van der Waals surface area (Å²) in [6.45, 7) is 5.75. The molecule has 2 amide bonds. The molecule has 2 rings (SSSR count). The van der Waals surface area contributed by atoms with Crippen LogP contribution >= 0.6 is 0 Å². The average Bonchev–Trinajstić information content (AvgIpc) is 3.26. The Labute approximate surface area is 185 Å². The van der Waals surface area contributed by atoms with Gasteiger partial charge in [0.25, 0.3) is 5.91 Å². The van der Waals surface area contributed by atoms with Crippen molar-refractivity contribution in [3.05, 3.63) is 23.8 Å². The first-order valence-electron chi connectivity index (χ1n) is 10.2. The van der Waals surface area contributed by atoms with Crippen molar-refractivity contribution in [2.75, 3.05) is 39.4 Å². The number of amides is 2. The molecular weight excluding hydrogens is 422 g/mol. The third kappa shape index (κ3) is 8.20. The zero-order valence-corrected chi connectivity index (χ0v) is 18.0. The summed E-state index contributed by atoms with van der Waals surface area (Å²) in [4.78, 5) is 39.5. The van der Waals surface area contributed by atoms with E-state index in [1.54, 1.807) is 0 Å². The van der Waals surface area contributed by atoms with Crippen LogP contribution in [0.25, 0.3) is 0 Å². The molecule has 1 atom stereocenters. The number of phenolic OH excluding ortho intramolecular Hbond substituents is 1. The molecule has 0 aliphatic carbocycles. The minimum atomic E-state index is -1.39. The number of hydrogen-bond acceptors (Lipinski definition) is 9. The standard InChI is InChI=1S/C20H29N5O7/c1-12(2)11-32-20(30)25-15(18(28)29)10-24-17(27)14-4-3-13(9-16(14)26)31-8-7-23-19-21-5-6-22-19/h3-4,9,12,15,26H,5-8,10-11H2,1-2H3,(H,24,27)(H,25,30)(H,28,29)(H2,21,22,23)/t15-/m0/s1. The normalized spacial score (nSPS) is 13.5. The van der Waals surface area contributed by atoms with E-state index in [0.717, 1.165) is 13.1 Å². The number of carbonyl (C=O) groups is 3. The molecule has 12 nitrogen and oxygen atoms in total. The summed E-state index contributed by atoms with van der Waals surface area (Å²) in [7, 11) is 0. The number of carbonyl (C=O) groups excluding carboxylic acids is 2. The van der Waals surface area contributed by atoms with Crippen LogP contribution in [0.4, 0.5) is 4.79 Å². The van der Waals surface area contributed by atoms with E-state index in [-0.39, 0.29) is 23.8 Å². The average molecular weight is 451 g/mol. The molecule has 12 heteroatoms. The van der Waals surface area contributed by atoms with Crippen LogP contribution in [0.15, 0.2) is 23.2 Å². The van der Waals surface area contributed by atoms with Gasteiger partial charge in [0.05, 0.1) is 25.3 Å². The molecule has 1 aliphatic heterocycles. The first-order chi connectivity index (χ1) is 15.3. The number of benzene rings is 1. The summed E-state index contributed by atoms with van der Waals surface area (Å²) in [5.41, 5.74) is -0.0634. The van der Waals surface area contributed by atoms with E-state index in [9.17, 15) is 24.6 Å². The van der Waals surface area contributed by atoms with Crippen molar-refractivity contribution in [3.8, 4) is 11.5 Å². The smallest absolute Gasteiger partial charge is 0.407 e. The fourth-order valence-electron chi connectivity index (χ4n) is 2.56. The van der Waals surface area contributed by atoms with Gasteiger partial charge in [-0.15, -0.1) is 0 Å². The molecule has 0 spiro atoms. The lowest BCUT2D eigenvalue weighted by molar-refractivity contribution is -0.139. The van der Waals surface area contributed by atoms with E-state index in [1.807, 2.05) is 13.8 Å². The number of hydrogen-bond donors (Lipinski definition) is 6. The third-order valence-electron chi connectivity index (χ3n) is 4.16. The molecule has 0 radical (unpaired) electrons. The number of phenols is 1. The van der Waals surface area contributed by atoms with Gasteiger partial charge >= 0.3 is 12.1 Å². The number of carboxylic acids is 1. The molecule has 1 aromatic carbocycles. The lowest BCUT2D eigenvalue weighted by Crippen LogP contribution is -2.48. The van der Waals surface area contributed by atoms with Crippen molar-refractivity contribution in [2.45, 2.75) is 19.9 Å².